The minimum absolute atomic E-state index is 0.191. The third-order valence-corrected chi connectivity index (χ3v) is 4.66. The van der Waals surface area contributed by atoms with Crippen molar-refractivity contribution in [1.82, 2.24) is 5.43 Å². The fourth-order valence-corrected chi connectivity index (χ4v) is 3.61. The SMILES string of the molecule is CCC1=CC(=O)C2=C(C1)C1=NNCC1CS2. The van der Waals surface area contributed by atoms with E-state index in [1.807, 2.05) is 6.08 Å². The Bertz CT molecular complexity index is 448. The molecule has 84 valence electrons. The molecule has 3 nitrogen and oxygen atoms in total. The van der Waals surface area contributed by atoms with Gasteiger partial charge in [0, 0.05) is 18.2 Å². The standard InChI is InChI=1S/C12H14N2OS/c1-2-7-3-9-11-8(5-13-14-11)6-16-12(9)10(15)4-7/h4,8,13H,2-3,5-6H2,1H3. The molecule has 0 saturated heterocycles. The van der Waals surface area contributed by atoms with Crippen LogP contribution in [-0.2, 0) is 4.79 Å². The van der Waals surface area contributed by atoms with Crippen molar-refractivity contribution in [2.75, 3.05) is 12.3 Å². The number of ketones is 1. The maximum Gasteiger partial charge on any atom is 0.192 e. The summed E-state index contributed by atoms with van der Waals surface area (Å²) in [4.78, 5) is 12.9. The van der Waals surface area contributed by atoms with E-state index in [-0.39, 0.29) is 5.78 Å². The van der Waals surface area contributed by atoms with Crippen LogP contribution in [0.3, 0.4) is 0 Å². The molecule has 0 aromatic carbocycles. The topological polar surface area (TPSA) is 41.5 Å². The number of nitrogens with zero attached hydrogens (tertiary/aromatic N) is 1. The molecule has 0 bridgehead atoms. The number of fused-ring (bicyclic) bond motifs is 2. The van der Waals surface area contributed by atoms with E-state index in [9.17, 15) is 4.79 Å². The molecule has 0 amide bonds. The van der Waals surface area contributed by atoms with Crippen molar-refractivity contribution in [1.29, 1.82) is 0 Å². The highest BCUT2D eigenvalue weighted by molar-refractivity contribution is 8.04. The zero-order chi connectivity index (χ0) is 11.1. The second kappa shape index (κ2) is 3.77. The monoisotopic (exact) mass is 234 g/mol. The van der Waals surface area contributed by atoms with Crippen LogP contribution in [0.4, 0.5) is 0 Å². The molecule has 4 heteroatoms. The first-order chi connectivity index (χ1) is 7.79. The molecular formula is C12H14N2OS. The normalized spacial score (nSPS) is 28.1. The van der Waals surface area contributed by atoms with Gasteiger partial charge in [-0.15, -0.1) is 11.8 Å². The Balaban J connectivity index is 2.01. The Kier molecular flexibility index (Phi) is 2.39. The molecule has 1 aliphatic carbocycles. The van der Waals surface area contributed by atoms with Crippen molar-refractivity contribution in [3.63, 3.8) is 0 Å². The van der Waals surface area contributed by atoms with Gasteiger partial charge in [-0.1, -0.05) is 12.5 Å². The third kappa shape index (κ3) is 1.44. The van der Waals surface area contributed by atoms with Gasteiger partial charge in [-0.05, 0) is 24.5 Å². The first-order valence-corrected chi connectivity index (χ1v) is 6.68. The maximum atomic E-state index is 12.0. The third-order valence-electron chi connectivity index (χ3n) is 3.35. The zero-order valence-corrected chi connectivity index (χ0v) is 10.1. The van der Waals surface area contributed by atoms with Crippen molar-refractivity contribution in [3.05, 3.63) is 22.1 Å². The van der Waals surface area contributed by atoms with Gasteiger partial charge in [-0.3, -0.25) is 4.79 Å². The summed E-state index contributed by atoms with van der Waals surface area (Å²) in [6.07, 6.45) is 3.69. The summed E-state index contributed by atoms with van der Waals surface area (Å²) in [6.45, 7) is 3.03. The minimum atomic E-state index is 0.191. The predicted molar refractivity (Wildman–Crippen MR) is 66.4 cm³/mol. The van der Waals surface area contributed by atoms with Crippen molar-refractivity contribution in [2.45, 2.75) is 19.8 Å². The van der Waals surface area contributed by atoms with Crippen LogP contribution in [0, 0.1) is 5.92 Å². The Labute approximate surface area is 99.1 Å². The predicted octanol–water partition coefficient (Wildman–Crippen LogP) is 1.87. The molecule has 0 fully saturated rings. The second-order valence-corrected chi connectivity index (χ2v) is 5.40. The molecule has 1 unspecified atom stereocenters. The minimum Gasteiger partial charge on any atom is -0.309 e. The van der Waals surface area contributed by atoms with Crippen molar-refractivity contribution >= 4 is 23.3 Å². The number of carbonyl (C=O) groups excluding carboxylic acids is 1. The quantitative estimate of drug-likeness (QED) is 0.753. The van der Waals surface area contributed by atoms with E-state index in [1.54, 1.807) is 11.8 Å². The Morgan fingerprint density at radius 1 is 1.62 bits per heavy atom. The maximum absolute atomic E-state index is 12.0. The van der Waals surface area contributed by atoms with Crippen molar-refractivity contribution in [3.8, 4) is 0 Å². The van der Waals surface area contributed by atoms with Crippen LogP contribution >= 0.6 is 11.8 Å². The number of nitrogens with one attached hydrogen (secondary N) is 1. The average molecular weight is 234 g/mol. The van der Waals surface area contributed by atoms with E-state index < -0.39 is 0 Å². The number of allylic oxidation sites excluding steroid dienone is 4. The van der Waals surface area contributed by atoms with Gasteiger partial charge < -0.3 is 5.43 Å². The molecular weight excluding hydrogens is 220 g/mol. The summed E-state index contributed by atoms with van der Waals surface area (Å²) in [7, 11) is 0. The number of hydrazone groups is 1. The lowest BCUT2D eigenvalue weighted by molar-refractivity contribution is -0.110. The van der Waals surface area contributed by atoms with Gasteiger partial charge in [0.15, 0.2) is 5.78 Å². The first-order valence-electron chi connectivity index (χ1n) is 5.70. The van der Waals surface area contributed by atoms with E-state index in [1.165, 1.54) is 11.1 Å². The molecule has 16 heavy (non-hydrogen) atoms. The molecule has 0 spiro atoms. The Morgan fingerprint density at radius 2 is 2.50 bits per heavy atom. The smallest absolute Gasteiger partial charge is 0.192 e. The number of carbonyl (C=O) groups is 1. The number of rotatable bonds is 1. The van der Waals surface area contributed by atoms with Crippen LogP contribution in [0.2, 0.25) is 0 Å². The molecule has 2 aliphatic heterocycles. The zero-order valence-electron chi connectivity index (χ0n) is 9.25. The Hall–Kier alpha value is -1.03. The van der Waals surface area contributed by atoms with E-state index in [4.69, 9.17) is 0 Å². The van der Waals surface area contributed by atoms with Gasteiger partial charge in [0.05, 0.1) is 10.6 Å². The van der Waals surface area contributed by atoms with Crippen molar-refractivity contribution < 1.29 is 4.79 Å². The Morgan fingerprint density at radius 3 is 3.31 bits per heavy atom. The highest BCUT2D eigenvalue weighted by atomic mass is 32.2. The number of thioether (sulfide) groups is 1. The molecule has 2 heterocycles. The number of hydrogen-bond donors (Lipinski definition) is 1. The van der Waals surface area contributed by atoms with Gasteiger partial charge in [0.25, 0.3) is 0 Å². The fourth-order valence-electron chi connectivity index (χ4n) is 2.41. The van der Waals surface area contributed by atoms with Crippen molar-refractivity contribution in [2.24, 2.45) is 11.0 Å². The lowest BCUT2D eigenvalue weighted by atomic mass is 9.88. The lowest BCUT2D eigenvalue weighted by Crippen LogP contribution is -2.27. The van der Waals surface area contributed by atoms with E-state index in [2.05, 4.69) is 17.5 Å². The highest BCUT2D eigenvalue weighted by Gasteiger charge is 2.35. The first kappa shape index (κ1) is 10.1. The fraction of sp³-hybridized carbons (Fsp3) is 0.500. The second-order valence-electron chi connectivity index (χ2n) is 4.37. The summed E-state index contributed by atoms with van der Waals surface area (Å²) in [5, 5.41) is 4.36. The molecule has 0 radical (unpaired) electrons. The van der Waals surface area contributed by atoms with Crippen LogP contribution in [0.5, 0.6) is 0 Å². The largest absolute Gasteiger partial charge is 0.309 e. The number of hydrogen-bond acceptors (Lipinski definition) is 4. The summed E-state index contributed by atoms with van der Waals surface area (Å²) in [6, 6.07) is 0. The van der Waals surface area contributed by atoms with E-state index in [0.717, 1.165) is 35.8 Å². The van der Waals surface area contributed by atoms with Gasteiger partial charge in [-0.2, -0.15) is 5.10 Å². The van der Waals surface area contributed by atoms with Crippen LogP contribution in [-0.4, -0.2) is 23.8 Å². The van der Waals surface area contributed by atoms with Gasteiger partial charge in [0.1, 0.15) is 0 Å². The lowest BCUT2D eigenvalue weighted by Gasteiger charge is -2.26. The summed E-state index contributed by atoms with van der Waals surface area (Å²) in [5.74, 6) is 1.69. The average Bonchev–Trinajstić information content (AvgIpc) is 2.77. The van der Waals surface area contributed by atoms with Crippen LogP contribution in [0.1, 0.15) is 19.8 Å². The van der Waals surface area contributed by atoms with Crippen LogP contribution in [0.25, 0.3) is 0 Å². The molecule has 3 rings (SSSR count). The molecule has 0 aromatic heterocycles. The highest BCUT2D eigenvalue weighted by Crippen LogP contribution is 2.39. The summed E-state index contributed by atoms with van der Waals surface area (Å²) in [5.41, 5.74) is 6.62. The summed E-state index contributed by atoms with van der Waals surface area (Å²) < 4.78 is 0. The van der Waals surface area contributed by atoms with Crippen LogP contribution in [0.15, 0.2) is 27.2 Å². The molecule has 1 atom stereocenters. The van der Waals surface area contributed by atoms with Gasteiger partial charge in [0.2, 0.25) is 0 Å². The molecule has 3 aliphatic rings. The van der Waals surface area contributed by atoms with Gasteiger partial charge >= 0.3 is 0 Å². The molecule has 1 N–H and O–H groups in total. The van der Waals surface area contributed by atoms with Crippen LogP contribution < -0.4 is 5.43 Å². The summed E-state index contributed by atoms with van der Waals surface area (Å²) >= 11 is 1.71. The van der Waals surface area contributed by atoms with E-state index >= 15 is 0 Å². The molecule has 0 saturated carbocycles. The molecule has 0 aromatic rings. The van der Waals surface area contributed by atoms with Gasteiger partial charge in [-0.25, -0.2) is 0 Å². The van der Waals surface area contributed by atoms with E-state index in [0.29, 0.717) is 5.92 Å².